The minimum absolute atomic E-state index is 0.260. The number of benzene rings is 2. The van der Waals surface area contributed by atoms with Crippen molar-refractivity contribution >= 4 is 11.9 Å². The molecule has 3 rings (SSSR count). The monoisotopic (exact) mass is 340 g/mol. The van der Waals surface area contributed by atoms with Crippen molar-refractivity contribution in [2.45, 2.75) is 6.92 Å². The van der Waals surface area contributed by atoms with Gasteiger partial charge in [0.05, 0.1) is 30.3 Å². The quantitative estimate of drug-likeness (QED) is 0.554. The van der Waals surface area contributed by atoms with Gasteiger partial charge in [0.1, 0.15) is 11.6 Å². The van der Waals surface area contributed by atoms with Gasteiger partial charge in [0.25, 0.3) is 5.56 Å². The van der Waals surface area contributed by atoms with Crippen molar-refractivity contribution in [1.82, 2.24) is 9.78 Å². The van der Waals surface area contributed by atoms with E-state index >= 15 is 0 Å². The Bertz CT molecular complexity index is 941. The molecule has 0 spiro atoms. The third-order valence-corrected chi connectivity index (χ3v) is 3.68. The van der Waals surface area contributed by atoms with Gasteiger partial charge in [-0.25, -0.2) is 9.07 Å². The molecule has 0 unspecified atom stereocenters. The predicted octanol–water partition coefficient (Wildman–Crippen LogP) is 3.07. The van der Waals surface area contributed by atoms with Gasteiger partial charge in [0, 0.05) is 5.69 Å². The van der Waals surface area contributed by atoms with Gasteiger partial charge in [-0.1, -0.05) is 0 Å². The Morgan fingerprint density at radius 1 is 1.16 bits per heavy atom. The van der Waals surface area contributed by atoms with Crippen LogP contribution in [0.2, 0.25) is 0 Å². The summed E-state index contributed by atoms with van der Waals surface area (Å²) >= 11 is 0. The summed E-state index contributed by atoms with van der Waals surface area (Å²) in [4.78, 5) is 12.5. The molecule has 0 aliphatic carbocycles. The fraction of sp³-hybridized carbons (Fsp3) is 0.111. The topological polar surface area (TPSA) is 71.4 Å². The molecule has 0 amide bonds. The molecular formula is C18H17FN4O2. The van der Waals surface area contributed by atoms with E-state index in [1.54, 1.807) is 26.2 Å². The van der Waals surface area contributed by atoms with Gasteiger partial charge in [-0.15, -0.1) is 0 Å². The maximum Gasteiger partial charge on any atom is 0.280 e. The third kappa shape index (κ3) is 3.60. The number of hydrogen-bond acceptors (Lipinski definition) is 4. The number of nitrogens with one attached hydrogen (secondary N) is 2. The number of H-pyrrole nitrogens is 1. The molecule has 7 heteroatoms. The van der Waals surface area contributed by atoms with Crippen molar-refractivity contribution in [3.8, 4) is 11.4 Å². The van der Waals surface area contributed by atoms with E-state index in [0.717, 1.165) is 11.4 Å². The number of hydrazone groups is 1. The smallest absolute Gasteiger partial charge is 0.280 e. The second-order valence-corrected chi connectivity index (χ2v) is 5.37. The van der Waals surface area contributed by atoms with Crippen molar-refractivity contribution < 1.29 is 9.13 Å². The number of rotatable bonds is 5. The summed E-state index contributed by atoms with van der Waals surface area (Å²) in [6, 6.07) is 12.9. The van der Waals surface area contributed by atoms with Gasteiger partial charge in [-0.3, -0.25) is 15.3 Å². The van der Waals surface area contributed by atoms with Gasteiger partial charge < -0.3 is 4.74 Å². The molecule has 6 nitrogen and oxygen atoms in total. The minimum atomic E-state index is -0.356. The Hall–Kier alpha value is -3.35. The predicted molar refractivity (Wildman–Crippen MR) is 95.3 cm³/mol. The number of halogens is 1. The fourth-order valence-electron chi connectivity index (χ4n) is 2.32. The van der Waals surface area contributed by atoms with Crippen molar-refractivity contribution in [3.05, 3.63) is 76.0 Å². The van der Waals surface area contributed by atoms with Crippen molar-refractivity contribution in [2.24, 2.45) is 5.10 Å². The van der Waals surface area contributed by atoms with E-state index in [-0.39, 0.29) is 11.4 Å². The average molecular weight is 340 g/mol. The van der Waals surface area contributed by atoms with E-state index in [4.69, 9.17) is 4.74 Å². The Kier molecular flexibility index (Phi) is 4.65. The van der Waals surface area contributed by atoms with E-state index in [2.05, 4.69) is 15.6 Å². The normalized spacial score (nSPS) is 11.0. The summed E-state index contributed by atoms with van der Waals surface area (Å²) in [5.74, 6) is 0.392. The zero-order valence-electron chi connectivity index (χ0n) is 13.8. The summed E-state index contributed by atoms with van der Waals surface area (Å²) in [7, 11) is 1.60. The summed E-state index contributed by atoms with van der Waals surface area (Å²) in [6.07, 6.45) is 1.46. The molecule has 3 aromatic rings. The van der Waals surface area contributed by atoms with Crippen molar-refractivity contribution in [3.63, 3.8) is 0 Å². The van der Waals surface area contributed by atoms with Crippen LogP contribution >= 0.6 is 0 Å². The van der Waals surface area contributed by atoms with Gasteiger partial charge in [-0.2, -0.15) is 5.10 Å². The first-order valence-electron chi connectivity index (χ1n) is 7.59. The molecule has 128 valence electrons. The zero-order chi connectivity index (χ0) is 17.8. The molecule has 0 saturated carbocycles. The van der Waals surface area contributed by atoms with Crippen molar-refractivity contribution in [1.29, 1.82) is 0 Å². The van der Waals surface area contributed by atoms with Crippen molar-refractivity contribution in [2.75, 3.05) is 12.5 Å². The molecule has 0 atom stereocenters. The van der Waals surface area contributed by atoms with E-state index in [9.17, 15) is 9.18 Å². The number of ether oxygens (including phenoxy) is 1. The molecule has 2 aromatic carbocycles. The van der Waals surface area contributed by atoms with E-state index < -0.39 is 0 Å². The van der Waals surface area contributed by atoms with Crippen LogP contribution in [0.3, 0.4) is 0 Å². The second kappa shape index (κ2) is 7.04. The Morgan fingerprint density at radius 2 is 1.84 bits per heavy atom. The highest BCUT2D eigenvalue weighted by Crippen LogP contribution is 2.15. The molecule has 25 heavy (non-hydrogen) atoms. The van der Waals surface area contributed by atoms with Gasteiger partial charge >= 0.3 is 0 Å². The van der Waals surface area contributed by atoms with Crippen LogP contribution in [0.15, 0.2) is 58.4 Å². The van der Waals surface area contributed by atoms with Gasteiger partial charge in [-0.05, 0) is 55.5 Å². The molecule has 0 bridgehead atoms. The molecule has 1 aromatic heterocycles. The standard InChI is InChI=1S/C18H17FN4O2/c1-12-17(11-20-21-14-5-9-16(25-2)10-6-14)18(24)23(22-12)15-7-3-13(19)4-8-15/h3-11,21-22H,1-2H3. The highest BCUT2D eigenvalue weighted by Gasteiger charge is 2.10. The summed E-state index contributed by atoms with van der Waals surface area (Å²) in [6.45, 7) is 1.77. The number of anilines is 1. The molecule has 0 radical (unpaired) electrons. The number of aromatic nitrogens is 2. The fourth-order valence-corrected chi connectivity index (χ4v) is 2.32. The lowest BCUT2D eigenvalue weighted by molar-refractivity contribution is 0.415. The molecule has 1 heterocycles. The highest BCUT2D eigenvalue weighted by molar-refractivity contribution is 5.81. The maximum absolute atomic E-state index is 13.0. The minimum Gasteiger partial charge on any atom is -0.497 e. The van der Waals surface area contributed by atoms with E-state index in [1.165, 1.54) is 35.2 Å². The largest absolute Gasteiger partial charge is 0.497 e. The van der Waals surface area contributed by atoms with Crippen LogP contribution in [0.1, 0.15) is 11.3 Å². The lowest BCUT2D eigenvalue weighted by Crippen LogP contribution is -2.17. The van der Waals surface area contributed by atoms with Gasteiger partial charge in [0.15, 0.2) is 0 Å². The van der Waals surface area contributed by atoms with Gasteiger partial charge in [0.2, 0.25) is 0 Å². The number of methoxy groups -OCH3 is 1. The first-order chi connectivity index (χ1) is 12.1. The molecule has 0 fully saturated rings. The number of nitrogens with zero attached hydrogens (tertiary/aromatic N) is 2. The van der Waals surface area contributed by atoms with Crippen LogP contribution in [0.25, 0.3) is 5.69 Å². The Morgan fingerprint density at radius 3 is 2.48 bits per heavy atom. The van der Waals surface area contributed by atoms with Crippen LogP contribution in [0, 0.1) is 12.7 Å². The lowest BCUT2D eigenvalue weighted by Gasteiger charge is -2.01. The Labute approximate surface area is 143 Å². The molecule has 2 N–H and O–H groups in total. The maximum atomic E-state index is 13.0. The van der Waals surface area contributed by atoms with Crippen LogP contribution in [-0.2, 0) is 0 Å². The number of aromatic amines is 1. The highest BCUT2D eigenvalue weighted by atomic mass is 19.1. The van der Waals surface area contributed by atoms with Crippen LogP contribution in [-0.4, -0.2) is 23.1 Å². The summed E-state index contributed by atoms with van der Waals surface area (Å²) in [5, 5.41) is 7.06. The molecule has 0 saturated heterocycles. The summed E-state index contributed by atoms with van der Waals surface area (Å²) in [5.41, 5.74) is 5.00. The SMILES string of the molecule is COc1ccc(NN=Cc2c(C)[nH]n(-c3ccc(F)cc3)c2=O)cc1. The summed E-state index contributed by atoms with van der Waals surface area (Å²) < 4.78 is 19.5. The van der Waals surface area contributed by atoms with Crippen LogP contribution < -0.4 is 15.7 Å². The first-order valence-corrected chi connectivity index (χ1v) is 7.59. The van der Waals surface area contributed by atoms with E-state index in [0.29, 0.717) is 16.9 Å². The average Bonchev–Trinajstić information content (AvgIpc) is 2.91. The Balaban J connectivity index is 1.80. The number of aryl methyl sites for hydroxylation is 1. The zero-order valence-corrected chi connectivity index (χ0v) is 13.8. The van der Waals surface area contributed by atoms with Crippen LogP contribution in [0.4, 0.5) is 10.1 Å². The molecule has 0 aliphatic heterocycles. The number of hydrogen-bond donors (Lipinski definition) is 2. The molecule has 0 aliphatic rings. The molecular weight excluding hydrogens is 323 g/mol. The van der Waals surface area contributed by atoms with E-state index in [1.807, 2.05) is 12.1 Å². The lowest BCUT2D eigenvalue weighted by atomic mass is 10.3. The second-order valence-electron chi connectivity index (χ2n) is 5.37. The van der Waals surface area contributed by atoms with Crippen LogP contribution in [0.5, 0.6) is 5.75 Å². The third-order valence-electron chi connectivity index (χ3n) is 3.68. The first kappa shape index (κ1) is 16.5.